The molecule has 0 radical (unpaired) electrons. The van der Waals surface area contributed by atoms with Crippen LogP contribution in [0.15, 0.2) is 43.0 Å². The molecule has 1 aliphatic rings. The second-order valence-corrected chi connectivity index (χ2v) is 6.79. The highest BCUT2D eigenvalue weighted by Gasteiger charge is 2.39. The van der Waals surface area contributed by atoms with Gasteiger partial charge in [-0.25, -0.2) is 0 Å². The van der Waals surface area contributed by atoms with Crippen LogP contribution in [0, 0.1) is 5.41 Å². The van der Waals surface area contributed by atoms with Gasteiger partial charge in [0.2, 0.25) is 5.91 Å². The van der Waals surface area contributed by atoms with Crippen molar-refractivity contribution >= 4 is 5.91 Å². The van der Waals surface area contributed by atoms with E-state index in [2.05, 4.69) is 19.9 Å². The van der Waals surface area contributed by atoms with Gasteiger partial charge in [-0.05, 0) is 57.3 Å². The van der Waals surface area contributed by atoms with Gasteiger partial charge in [-0.3, -0.25) is 24.6 Å². The predicted octanol–water partition coefficient (Wildman–Crippen LogP) is 1.96. The van der Waals surface area contributed by atoms with Gasteiger partial charge >= 0.3 is 0 Å². The molecule has 0 spiro atoms. The Morgan fingerprint density at radius 3 is 2.56 bits per heavy atom. The summed E-state index contributed by atoms with van der Waals surface area (Å²) < 4.78 is 0. The first-order chi connectivity index (χ1) is 12.2. The van der Waals surface area contributed by atoms with Crippen molar-refractivity contribution in [3.8, 4) is 0 Å². The average molecular weight is 339 g/mol. The molecule has 0 unspecified atom stereocenters. The molecule has 132 valence electrons. The number of piperidine rings is 1. The molecular weight excluding hydrogens is 314 g/mol. The maximum Gasteiger partial charge on any atom is 0.223 e. The number of hydrogen-bond acceptors (Lipinski definition) is 5. The Balaban J connectivity index is 1.53. The van der Waals surface area contributed by atoms with Crippen molar-refractivity contribution in [1.29, 1.82) is 0 Å². The zero-order valence-corrected chi connectivity index (χ0v) is 14.5. The summed E-state index contributed by atoms with van der Waals surface area (Å²) in [5.74, 6) is -0.163. The molecule has 6 nitrogen and oxygen atoms in total. The maximum atomic E-state index is 12.1. The molecule has 3 rings (SSSR count). The topological polar surface area (TPSA) is 85.0 Å². The SMILES string of the molecule is NC(=O)C1(CCCc2cnccn2)CCN(Cc2ccccn2)CC1. The van der Waals surface area contributed by atoms with E-state index in [9.17, 15) is 4.79 Å². The molecule has 0 bridgehead atoms. The van der Waals surface area contributed by atoms with E-state index in [0.717, 1.165) is 63.1 Å². The van der Waals surface area contributed by atoms with Gasteiger partial charge in [0, 0.05) is 31.3 Å². The van der Waals surface area contributed by atoms with Crippen LogP contribution in [-0.2, 0) is 17.8 Å². The highest BCUT2D eigenvalue weighted by Crippen LogP contribution is 2.36. The van der Waals surface area contributed by atoms with Crippen molar-refractivity contribution < 1.29 is 4.79 Å². The lowest BCUT2D eigenvalue weighted by Gasteiger charge is -2.39. The molecule has 2 N–H and O–H groups in total. The standard InChI is InChI=1S/C19H25N5O/c20-18(25)19(6-3-5-16-14-21-10-11-23-16)7-12-24(13-8-19)15-17-4-1-2-9-22-17/h1-2,4,9-11,14H,3,5-8,12-13,15H2,(H2,20,25). The van der Waals surface area contributed by atoms with Crippen molar-refractivity contribution in [2.45, 2.75) is 38.6 Å². The monoisotopic (exact) mass is 339 g/mol. The first-order valence-electron chi connectivity index (χ1n) is 8.85. The lowest BCUT2D eigenvalue weighted by molar-refractivity contribution is -0.131. The summed E-state index contributed by atoms with van der Waals surface area (Å²) >= 11 is 0. The van der Waals surface area contributed by atoms with Crippen LogP contribution in [0.5, 0.6) is 0 Å². The number of likely N-dealkylation sites (tertiary alicyclic amines) is 1. The molecule has 1 saturated heterocycles. The molecule has 0 atom stereocenters. The largest absolute Gasteiger partial charge is 0.369 e. The number of amides is 1. The molecule has 0 aromatic carbocycles. The van der Waals surface area contributed by atoms with E-state index in [1.54, 1.807) is 18.6 Å². The molecule has 0 aliphatic carbocycles. The number of nitrogens with two attached hydrogens (primary N) is 1. The fraction of sp³-hybridized carbons (Fsp3) is 0.474. The highest BCUT2D eigenvalue weighted by molar-refractivity contribution is 5.80. The Hall–Kier alpha value is -2.34. The Labute approximate surface area is 148 Å². The van der Waals surface area contributed by atoms with Gasteiger partial charge in [0.25, 0.3) is 0 Å². The van der Waals surface area contributed by atoms with E-state index >= 15 is 0 Å². The van der Waals surface area contributed by atoms with E-state index in [0.29, 0.717) is 0 Å². The van der Waals surface area contributed by atoms with Crippen molar-refractivity contribution in [2.75, 3.05) is 13.1 Å². The molecule has 1 fully saturated rings. The quantitative estimate of drug-likeness (QED) is 0.833. The second kappa shape index (κ2) is 8.16. The zero-order valence-electron chi connectivity index (χ0n) is 14.5. The van der Waals surface area contributed by atoms with Gasteiger partial charge in [-0.2, -0.15) is 0 Å². The lowest BCUT2D eigenvalue weighted by Crippen LogP contribution is -2.47. The Morgan fingerprint density at radius 2 is 1.92 bits per heavy atom. The van der Waals surface area contributed by atoms with E-state index in [1.165, 1.54) is 0 Å². The summed E-state index contributed by atoms with van der Waals surface area (Å²) in [7, 11) is 0. The normalized spacial score (nSPS) is 17.3. The van der Waals surface area contributed by atoms with Crippen molar-refractivity contribution in [1.82, 2.24) is 19.9 Å². The molecule has 25 heavy (non-hydrogen) atoms. The Bertz CT molecular complexity index is 669. The molecule has 0 saturated carbocycles. The number of hydrogen-bond donors (Lipinski definition) is 1. The van der Waals surface area contributed by atoms with Gasteiger partial charge in [0.15, 0.2) is 0 Å². The van der Waals surface area contributed by atoms with Crippen LogP contribution < -0.4 is 5.73 Å². The molecule has 1 aliphatic heterocycles. The first kappa shape index (κ1) is 17.5. The number of pyridine rings is 1. The average Bonchev–Trinajstić information content (AvgIpc) is 2.65. The number of carbonyl (C=O) groups is 1. The fourth-order valence-corrected chi connectivity index (χ4v) is 3.55. The summed E-state index contributed by atoms with van der Waals surface area (Å²) in [6, 6.07) is 5.97. The van der Waals surface area contributed by atoms with Crippen LogP contribution in [0.1, 0.15) is 37.1 Å². The lowest BCUT2D eigenvalue weighted by atomic mass is 9.73. The van der Waals surface area contributed by atoms with E-state index in [1.807, 2.05) is 24.4 Å². The third-order valence-electron chi connectivity index (χ3n) is 5.15. The smallest absolute Gasteiger partial charge is 0.223 e. The highest BCUT2D eigenvalue weighted by atomic mass is 16.1. The minimum absolute atomic E-state index is 0.163. The number of nitrogens with zero attached hydrogens (tertiary/aromatic N) is 4. The van der Waals surface area contributed by atoms with Crippen LogP contribution in [0.25, 0.3) is 0 Å². The number of aromatic nitrogens is 3. The van der Waals surface area contributed by atoms with E-state index < -0.39 is 0 Å². The summed E-state index contributed by atoms with van der Waals surface area (Å²) in [4.78, 5) is 27.3. The van der Waals surface area contributed by atoms with Crippen LogP contribution in [-0.4, -0.2) is 38.8 Å². The molecule has 1 amide bonds. The summed E-state index contributed by atoms with van der Waals surface area (Å²) in [6.45, 7) is 2.59. The molecular formula is C19H25N5O. The number of rotatable bonds is 7. The Kier molecular flexibility index (Phi) is 5.71. The zero-order chi connectivity index (χ0) is 17.5. The minimum Gasteiger partial charge on any atom is -0.369 e. The van der Waals surface area contributed by atoms with E-state index in [-0.39, 0.29) is 11.3 Å². The number of carbonyl (C=O) groups excluding carboxylic acids is 1. The van der Waals surface area contributed by atoms with Gasteiger partial charge in [0.05, 0.1) is 16.8 Å². The minimum atomic E-state index is -0.386. The van der Waals surface area contributed by atoms with Crippen LogP contribution in [0.3, 0.4) is 0 Å². The van der Waals surface area contributed by atoms with Crippen molar-refractivity contribution in [3.05, 3.63) is 54.4 Å². The molecule has 6 heteroatoms. The van der Waals surface area contributed by atoms with Crippen molar-refractivity contribution in [2.24, 2.45) is 11.1 Å². The summed E-state index contributed by atoms with van der Waals surface area (Å²) in [6.07, 6.45) is 11.2. The number of primary amides is 1. The van der Waals surface area contributed by atoms with Gasteiger partial charge in [0.1, 0.15) is 0 Å². The van der Waals surface area contributed by atoms with Gasteiger partial charge in [-0.1, -0.05) is 6.07 Å². The van der Waals surface area contributed by atoms with Gasteiger partial charge in [-0.15, -0.1) is 0 Å². The Morgan fingerprint density at radius 1 is 1.12 bits per heavy atom. The maximum absolute atomic E-state index is 12.1. The third-order valence-corrected chi connectivity index (χ3v) is 5.15. The van der Waals surface area contributed by atoms with Crippen LogP contribution in [0.2, 0.25) is 0 Å². The molecule has 2 aromatic rings. The van der Waals surface area contributed by atoms with Crippen LogP contribution >= 0.6 is 0 Å². The van der Waals surface area contributed by atoms with E-state index in [4.69, 9.17) is 5.73 Å². The summed E-state index contributed by atoms with van der Waals surface area (Å²) in [5, 5.41) is 0. The van der Waals surface area contributed by atoms with Crippen molar-refractivity contribution in [3.63, 3.8) is 0 Å². The summed E-state index contributed by atoms with van der Waals surface area (Å²) in [5.41, 5.74) is 7.43. The second-order valence-electron chi connectivity index (χ2n) is 6.79. The molecule has 2 aromatic heterocycles. The fourth-order valence-electron chi connectivity index (χ4n) is 3.55. The number of aryl methyl sites for hydroxylation is 1. The predicted molar refractivity (Wildman–Crippen MR) is 95.3 cm³/mol. The molecule has 3 heterocycles. The third kappa shape index (κ3) is 4.60. The first-order valence-corrected chi connectivity index (χ1v) is 8.85. The van der Waals surface area contributed by atoms with Gasteiger partial charge < -0.3 is 5.73 Å². The van der Waals surface area contributed by atoms with Crippen LogP contribution in [0.4, 0.5) is 0 Å².